The highest BCUT2D eigenvalue weighted by Gasteiger charge is 2.22. The van der Waals surface area contributed by atoms with E-state index in [1.807, 2.05) is 48.6 Å². The van der Waals surface area contributed by atoms with Crippen LogP contribution in [0.25, 0.3) is 0 Å². The van der Waals surface area contributed by atoms with E-state index in [1.165, 1.54) is 51.4 Å². The molecule has 52 heavy (non-hydrogen) atoms. The molecule has 9 nitrogen and oxygen atoms in total. The Hall–Kier alpha value is -2.55. The molecule has 0 saturated heterocycles. The molecule has 0 amide bonds. The fourth-order valence-corrected chi connectivity index (χ4v) is 5.41. The maximum absolute atomic E-state index is 12.4. The molecule has 0 aliphatic carbocycles. The molecule has 0 saturated carbocycles. The molecular formula is C42H71O9P. The maximum Gasteiger partial charge on any atom is 0.469 e. The van der Waals surface area contributed by atoms with Crippen molar-refractivity contribution in [1.82, 2.24) is 0 Å². The summed E-state index contributed by atoms with van der Waals surface area (Å²) < 4.78 is 26.2. The normalized spacial score (nSPS) is 14.5. The average molecular weight is 751 g/mol. The number of unbranched alkanes of at least 4 members (excludes halogenated alkanes) is 9. The van der Waals surface area contributed by atoms with Gasteiger partial charge in [-0.25, -0.2) is 4.57 Å². The van der Waals surface area contributed by atoms with E-state index < -0.39 is 38.6 Å². The van der Waals surface area contributed by atoms with Crippen molar-refractivity contribution >= 4 is 19.8 Å². The van der Waals surface area contributed by atoms with E-state index in [-0.39, 0.29) is 19.4 Å². The monoisotopic (exact) mass is 750 g/mol. The molecule has 0 aliphatic heterocycles. The minimum atomic E-state index is -4.78. The molecule has 0 aliphatic rings. The van der Waals surface area contributed by atoms with Gasteiger partial charge in [0.05, 0.1) is 12.7 Å². The highest BCUT2D eigenvalue weighted by Crippen LogP contribution is 2.36. The summed E-state index contributed by atoms with van der Waals surface area (Å²) in [6, 6.07) is 0. The minimum absolute atomic E-state index is 0.0686. The van der Waals surface area contributed by atoms with Crippen LogP contribution >= 0.6 is 7.82 Å². The van der Waals surface area contributed by atoms with Crippen molar-refractivity contribution in [3.05, 3.63) is 72.9 Å². The zero-order valence-electron chi connectivity index (χ0n) is 32.5. The van der Waals surface area contributed by atoms with Crippen LogP contribution in [0.3, 0.4) is 0 Å². The van der Waals surface area contributed by atoms with Gasteiger partial charge in [-0.15, -0.1) is 0 Å². The molecule has 0 aromatic carbocycles. The summed E-state index contributed by atoms with van der Waals surface area (Å²) in [5.74, 6) is -0.167. The lowest BCUT2D eigenvalue weighted by Gasteiger charge is -2.18. The Morgan fingerprint density at radius 3 is 1.85 bits per heavy atom. The van der Waals surface area contributed by atoms with Gasteiger partial charge >= 0.3 is 19.8 Å². The number of phosphoric ester groups is 1. The molecule has 2 unspecified atom stereocenters. The number of carbonyl (C=O) groups is 2. The zero-order chi connectivity index (χ0) is 38.5. The van der Waals surface area contributed by atoms with Gasteiger partial charge < -0.3 is 24.4 Å². The summed E-state index contributed by atoms with van der Waals surface area (Å²) in [6.45, 7) is 5.74. The molecule has 0 aromatic heterocycles. The van der Waals surface area contributed by atoms with Gasteiger partial charge in [0.2, 0.25) is 0 Å². The molecule has 0 fully saturated rings. The Bertz CT molecular complexity index is 1100. The van der Waals surface area contributed by atoms with Crippen molar-refractivity contribution in [1.29, 1.82) is 0 Å². The number of hydrogen-bond acceptors (Lipinski definition) is 7. The second kappa shape index (κ2) is 35.5. The molecule has 3 N–H and O–H groups in total. The Morgan fingerprint density at radius 1 is 0.673 bits per heavy atom. The number of phosphoric acid groups is 1. The third kappa shape index (κ3) is 37.2. The lowest BCUT2D eigenvalue weighted by atomic mass is 9.99. The van der Waals surface area contributed by atoms with Gasteiger partial charge in [0.25, 0.3) is 0 Å². The minimum Gasteiger partial charge on any atom is -0.462 e. The predicted molar refractivity (Wildman–Crippen MR) is 213 cm³/mol. The zero-order valence-corrected chi connectivity index (χ0v) is 33.3. The van der Waals surface area contributed by atoms with Gasteiger partial charge in [-0.3, -0.25) is 14.1 Å². The second-order valence-corrected chi connectivity index (χ2v) is 14.6. The molecule has 0 radical (unpaired) electrons. The molecule has 3 atom stereocenters. The van der Waals surface area contributed by atoms with E-state index in [2.05, 4.69) is 43.5 Å². The van der Waals surface area contributed by atoms with Gasteiger partial charge in [0.1, 0.15) is 6.61 Å². The van der Waals surface area contributed by atoms with E-state index in [0.717, 1.165) is 50.9 Å². The smallest absolute Gasteiger partial charge is 0.462 e. The van der Waals surface area contributed by atoms with Gasteiger partial charge in [-0.05, 0) is 50.9 Å². The third-order valence-corrected chi connectivity index (χ3v) is 8.86. The van der Waals surface area contributed by atoms with Crippen LogP contribution in [0.4, 0.5) is 0 Å². The van der Waals surface area contributed by atoms with Crippen LogP contribution in [0.1, 0.15) is 149 Å². The number of allylic oxidation sites excluding steroid dienone is 10. The summed E-state index contributed by atoms with van der Waals surface area (Å²) in [5.41, 5.74) is 0. The maximum atomic E-state index is 12.4. The summed E-state index contributed by atoms with van der Waals surface area (Å²) in [5, 5.41) is 9.81. The van der Waals surface area contributed by atoms with Crippen molar-refractivity contribution < 1.29 is 43.0 Å². The van der Waals surface area contributed by atoms with Crippen molar-refractivity contribution in [3.63, 3.8) is 0 Å². The number of esters is 2. The van der Waals surface area contributed by atoms with Gasteiger partial charge in [0, 0.05) is 12.8 Å². The lowest BCUT2D eigenvalue weighted by Crippen LogP contribution is -2.29. The van der Waals surface area contributed by atoms with E-state index in [1.54, 1.807) is 6.08 Å². The van der Waals surface area contributed by atoms with Gasteiger partial charge in [-0.2, -0.15) is 0 Å². The fraction of sp³-hybridized carbons (Fsp3) is 0.667. The molecule has 0 spiro atoms. The van der Waals surface area contributed by atoms with Crippen molar-refractivity contribution in [3.8, 4) is 0 Å². The summed E-state index contributed by atoms with van der Waals surface area (Å²) >= 11 is 0. The fourth-order valence-electron chi connectivity index (χ4n) is 5.05. The summed E-state index contributed by atoms with van der Waals surface area (Å²) in [4.78, 5) is 42.7. The van der Waals surface area contributed by atoms with Crippen LogP contribution in [0.15, 0.2) is 72.9 Å². The molecule has 10 heteroatoms. The predicted octanol–water partition coefficient (Wildman–Crippen LogP) is 10.7. The van der Waals surface area contributed by atoms with E-state index in [0.29, 0.717) is 19.3 Å². The van der Waals surface area contributed by atoms with Crippen molar-refractivity contribution in [2.24, 2.45) is 5.92 Å². The third-order valence-electron chi connectivity index (χ3n) is 8.37. The summed E-state index contributed by atoms with van der Waals surface area (Å²) in [6.07, 6.45) is 41.1. The SMILES string of the molecule is CC/C=C\CC(O)/C=C/C=C/C/C=C\C/C=C\C/C=C\CCC(=O)O[C@H](COC(=O)CCCCCCCCCCCCC(C)CC)COP(=O)(O)O. The van der Waals surface area contributed by atoms with E-state index in [9.17, 15) is 19.3 Å². The first-order chi connectivity index (χ1) is 25.1. The van der Waals surface area contributed by atoms with Crippen LogP contribution in [-0.2, 0) is 28.2 Å². The second-order valence-electron chi connectivity index (χ2n) is 13.3. The first-order valence-corrected chi connectivity index (χ1v) is 21.3. The number of rotatable bonds is 34. The Balaban J connectivity index is 4.15. The summed E-state index contributed by atoms with van der Waals surface area (Å²) in [7, 11) is -4.78. The largest absolute Gasteiger partial charge is 0.469 e. The number of aliphatic hydroxyl groups excluding tert-OH is 1. The van der Waals surface area contributed by atoms with E-state index in [4.69, 9.17) is 19.3 Å². The topological polar surface area (TPSA) is 140 Å². The molecule has 0 bridgehead atoms. The quantitative estimate of drug-likeness (QED) is 0.0193. The Labute approximate surface area is 315 Å². The highest BCUT2D eigenvalue weighted by molar-refractivity contribution is 7.46. The first-order valence-electron chi connectivity index (χ1n) is 19.7. The number of hydrogen-bond donors (Lipinski definition) is 3. The van der Waals surface area contributed by atoms with Crippen LogP contribution in [0.5, 0.6) is 0 Å². The number of carbonyl (C=O) groups excluding carboxylic acids is 2. The Morgan fingerprint density at radius 2 is 1.25 bits per heavy atom. The Kier molecular flexibility index (Phi) is 33.7. The highest BCUT2D eigenvalue weighted by atomic mass is 31.2. The first kappa shape index (κ1) is 49.5. The van der Waals surface area contributed by atoms with Crippen molar-refractivity contribution in [2.45, 2.75) is 161 Å². The molecular weight excluding hydrogens is 679 g/mol. The number of ether oxygens (including phenoxy) is 2. The van der Waals surface area contributed by atoms with Gasteiger partial charge in [0.15, 0.2) is 6.10 Å². The lowest BCUT2D eigenvalue weighted by molar-refractivity contribution is -0.161. The van der Waals surface area contributed by atoms with Crippen LogP contribution < -0.4 is 0 Å². The van der Waals surface area contributed by atoms with Crippen LogP contribution in [-0.4, -0.2) is 52.3 Å². The van der Waals surface area contributed by atoms with Gasteiger partial charge in [-0.1, -0.05) is 164 Å². The molecule has 0 aromatic rings. The standard InChI is InChI=1S/C42H71O9P/c1-4-6-26-32-39(43)33-28-23-19-15-10-8-7-9-11-17-21-25-30-35-42(45)51-40(37-50-52(46,47)48)36-49-41(44)34-29-24-20-16-13-12-14-18-22-27-31-38(3)5-2/h6,8-11,19,21,23,25-26,28,33,38-40,43H,4-5,7,12-18,20,22,24,27,29-32,34-37H2,1-3H3,(H2,46,47,48)/b10-8-,11-9-,23-19+,25-21-,26-6-,33-28+/t38?,39?,40-/m1/s1. The van der Waals surface area contributed by atoms with Crippen LogP contribution in [0, 0.1) is 5.92 Å². The van der Waals surface area contributed by atoms with E-state index >= 15 is 0 Å². The van der Waals surface area contributed by atoms with Crippen LogP contribution in [0.2, 0.25) is 0 Å². The number of aliphatic hydroxyl groups is 1. The average Bonchev–Trinajstić information content (AvgIpc) is 3.11. The molecule has 0 rings (SSSR count). The molecule has 0 heterocycles. The molecule has 298 valence electrons. The van der Waals surface area contributed by atoms with Crippen molar-refractivity contribution in [2.75, 3.05) is 13.2 Å².